The van der Waals surface area contributed by atoms with Gasteiger partial charge in [-0.15, -0.1) is 6.58 Å². The first-order chi connectivity index (χ1) is 20.3. The van der Waals surface area contributed by atoms with E-state index in [0.29, 0.717) is 30.9 Å². The van der Waals surface area contributed by atoms with E-state index in [4.69, 9.17) is 0 Å². The van der Waals surface area contributed by atoms with Crippen LogP contribution in [0, 0.1) is 5.92 Å². The van der Waals surface area contributed by atoms with Crippen molar-refractivity contribution in [3.8, 4) is 0 Å². The molecule has 0 saturated carbocycles. The molecule has 2 atom stereocenters. The number of carbonyl (C=O) groups is 2. The Bertz CT molecular complexity index is 1180. The van der Waals surface area contributed by atoms with E-state index in [-0.39, 0.29) is 23.9 Å². The molecule has 8 heteroatoms. The molecular formula is C34H51N3O5. The fraction of sp³-hybridized carbons (Fsp3) is 0.588. The molecule has 0 aliphatic carbocycles. The Kier molecular flexibility index (Phi) is 15.7. The van der Waals surface area contributed by atoms with Crippen LogP contribution in [0.4, 0.5) is 17.1 Å². The number of carboxylic acid groups (broad SMARTS) is 1. The van der Waals surface area contributed by atoms with Crippen molar-refractivity contribution in [1.29, 1.82) is 0 Å². The minimum atomic E-state index is -1.10. The van der Waals surface area contributed by atoms with Gasteiger partial charge in [-0.05, 0) is 43.4 Å². The van der Waals surface area contributed by atoms with E-state index in [0.717, 1.165) is 69.8 Å². The number of benzene rings is 1. The SMILES string of the molecule is C=CCC(CCC)C(=O)Nc1ccc(CC(Nc2c(N(CCCCCC)CCCCCCC)c(=O)c2=O)C(=O)O)cc1. The summed E-state index contributed by atoms with van der Waals surface area (Å²) >= 11 is 0. The molecule has 0 bridgehead atoms. The number of amides is 1. The van der Waals surface area contributed by atoms with Gasteiger partial charge in [0.25, 0.3) is 10.9 Å². The lowest BCUT2D eigenvalue weighted by Crippen LogP contribution is -2.46. The summed E-state index contributed by atoms with van der Waals surface area (Å²) in [6.07, 6.45) is 13.8. The zero-order valence-electron chi connectivity index (χ0n) is 25.9. The Morgan fingerprint density at radius 2 is 1.48 bits per heavy atom. The Labute approximate surface area is 251 Å². The van der Waals surface area contributed by atoms with E-state index in [9.17, 15) is 24.3 Å². The maximum atomic E-state index is 12.7. The molecule has 0 spiro atoms. The van der Waals surface area contributed by atoms with E-state index in [1.54, 1.807) is 30.3 Å². The van der Waals surface area contributed by atoms with Gasteiger partial charge in [-0.1, -0.05) is 90.3 Å². The average Bonchev–Trinajstić information content (AvgIpc) is 2.98. The summed E-state index contributed by atoms with van der Waals surface area (Å²) in [5.74, 6) is -1.31. The number of unbranched alkanes of at least 4 members (excludes halogenated alkanes) is 7. The van der Waals surface area contributed by atoms with Gasteiger partial charge in [-0.3, -0.25) is 14.4 Å². The molecular weight excluding hydrogens is 530 g/mol. The Hall–Kier alpha value is -3.42. The van der Waals surface area contributed by atoms with Crippen molar-refractivity contribution in [3.05, 3.63) is 62.9 Å². The highest BCUT2D eigenvalue weighted by molar-refractivity contribution is 5.92. The summed E-state index contributed by atoms with van der Waals surface area (Å²) in [4.78, 5) is 52.2. The smallest absolute Gasteiger partial charge is 0.326 e. The molecule has 0 saturated heterocycles. The second-order valence-electron chi connectivity index (χ2n) is 11.3. The first-order valence-corrected chi connectivity index (χ1v) is 15.8. The van der Waals surface area contributed by atoms with Crippen molar-refractivity contribution in [2.75, 3.05) is 28.6 Å². The fourth-order valence-electron chi connectivity index (χ4n) is 5.27. The number of hydrogen-bond acceptors (Lipinski definition) is 6. The van der Waals surface area contributed by atoms with Crippen molar-refractivity contribution in [1.82, 2.24) is 0 Å². The van der Waals surface area contributed by atoms with Gasteiger partial charge in [0.2, 0.25) is 5.91 Å². The van der Waals surface area contributed by atoms with Crippen LogP contribution >= 0.6 is 0 Å². The maximum Gasteiger partial charge on any atom is 0.326 e. The van der Waals surface area contributed by atoms with E-state index >= 15 is 0 Å². The highest BCUT2D eigenvalue weighted by Gasteiger charge is 2.29. The lowest BCUT2D eigenvalue weighted by Gasteiger charge is -2.29. The van der Waals surface area contributed by atoms with E-state index in [1.165, 1.54) is 6.42 Å². The van der Waals surface area contributed by atoms with Gasteiger partial charge in [-0.2, -0.15) is 0 Å². The number of rotatable bonds is 23. The minimum absolute atomic E-state index is 0.0631. The van der Waals surface area contributed by atoms with Crippen LogP contribution in [0.5, 0.6) is 0 Å². The van der Waals surface area contributed by atoms with Gasteiger partial charge in [0.05, 0.1) is 0 Å². The number of nitrogens with zero attached hydrogens (tertiary/aromatic N) is 1. The molecule has 2 aromatic rings. The molecule has 0 aliphatic rings. The van der Waals surface area contributed by atoms with Crippen molar-refractivity contribution in [3.63, 3.8) is 0 Å². The second-order valence-corrected chi connectivity index (χ2v) is 11.3. The quantitative estimate of drug-likeness (QED) is 0.0762. The number of carboxylic acids is 1. The van der Waals surface area contributed by atoms with Crippen LogP contribution in [0.2, 0.25) is 0 Å². The average molecular weight is 582 g/mol. The lowest BCUT2D eigenvalue weighted by molar-refractivity contribution is -0.137. The number of anilines is 3. The van der Waals surface area contributed by atoms with Crippen LogP contribution in [0.3, 0.4) is 0 Å². The maximum absolute atomic E-state index is 12.7. The fourth-order valence-corrected chi connectivity index (χ4v) is 5.27. The van der Waals surface area contributed by atoms with Crippen LogP contribution < -0.4 is 26.4 Å². The standard InChI is InChI=1S/C34H51N3O5/c1-5-9-11-13-15-23-37(22-14-12-10-6-2)30-29(31(38)32(30)39)36-28(34(41)42)24-25-18-20-27(21-19-25)35-33(40)26(16-7-3)17-8-4/h7,18-21,26,28,36H,3,5-6,8-17,22-24H2,1-2,4H3,(H,35,40)(H,41,42). The summed E-state index contributed by atoms with van der Waals surface area (Å²) in [5, 5.41) is 15.8. The first kappa shape index (κ1) is 34.8. The zero-order valence-corrected chi connectivity index (χ0v) is 25.9. The summed E-state index contributed by atoms with van der Waals surface area (Å²) in [6.45, 7) is 11.4. The lowest BCUT2D eigenvalue weighted by atomic mass is 9.98. The van der Waals surface area contributed by atoms with E-state index in [1.807, 2.05) is 11.8 Å². The van der Waals surface area contributed by atoms with Gasteiger partial charge < -0.3 is 20.6 Å². The third-order valence-corrected chi connectivity index (χ3v) is 7.75. The molecule has 2 rings (SSSR count). The molecule has 232 valence electrons. The monoisotopic (exact) mass is 581 g/mol. The van der Waals surface area contributed by atoms with Crippen LogP contribution in [0.15, 0.2) is 46.5 Å². The largest absolute Gasteiger partial charge is 0.480 e. The first-order valence-electron chi connectivity index (χ1n) is 15.8. The van der Waals surface area contributed by atoms with Gasteiger partial charge >= 0.3 is 5.97 Å². The van der Waals surface area contributed by atoms with Crippen LogP contribution in [0.1, 0.15) is 103 Å². The van der Waals surface area contributed by atoms with Crippen molar-refractivity contribution in [2.24, 2.45) is 5.92 Å². The summed E-state index contributed by atoms with van der Waals surface area (Å²) < 4.78 is 0. The van der Waals surface area contributed by atoms with Crippen molar-refractivity contribution in [2.45, 2.75) is 110 Å². The molecule has 0 aromatic heterocycles. The van der Waals surface area contributed by atoms with Gasteiger partial charge in [-0.25, -0.2) is 4.79 Å². The molecule has 0 radical (unpaired) electrons. The summed E-state index contributed by atoms with van der Waals surface area (Å²) in [6, 6.07) is 5.97. The van der Waals surface area contributed by atoms with Crippen molar-refractivity contribution >= 4 is 28.9 Å². The molecule has 2 aromatic carbocycles. The van der Waals surface area contributed by atoms with Gasteiger partial charge in [0.15, 0.2) is 0 Å². The number of carbonyl (C=O) groups excluding carboxylic acids is 1. The Morgan fingerprint density at radius 3 is 2.02 bits per heavy atom. The molecule has 2 unspecified atom stereocenters. The predicted octanol–water partition coefficient (Wildman–Crippen LogP) is 6.68. The Morgan fingerprint density at radius 1 is 0.881 bits per heavy atom. The molecule has 0 heterocycles. The normalized spacial score (nSPS) is 12.5. The van der Waals surface area contributed by atoms with E-state index < -0.39 is 22.9 Å². The number of nitrogens with one attached hydrogen (secondary N) is 2. The van der Waals surface area contributed by atoms with Gasteiger partial charge in [0, 0.05) is 31.1 Å². The van der Waals surface area contributed by atoms with Crippen LogP contribution in [0.25, 0.3) is 0 Å². The third-order valence-electron chi connectivity index (χ3n) is 7.75. The number of aliphatic carboxylic acids is 1. The minimum Gasteiger partial charge on any atom is -0.480 e. The Balaban J connectivity index is 2.13. The summed E-state index contributed by atoms with van der Waals surface area (Å²) in [7, 11) is 0. The zero-order chi connectivity index (χ0) is 30.9. The molecule has 8 nitrogen and oxygen atoms in total. The molecule has 1 amide bonds. The third kappa shape index (κ3) is 10.8. The second kappa shape index (κ2) is 18.9. The highest BCUT2D eigenvalue weighted by atomic mass is 16.4. The van der Waals surface area contributed by atoms with Crippen LogP contribution in [-0.2, 0) is 16.0 Å². The molecule has 42 heavy (non-hydrogen) atoms. The van der Waals surface area contributed by atoms with E-state index in [2.05, 4.69) is 31.1 Å². The molecule has 0 aliphatic heterocycles. The van der Waals surface area contributed by atoms with Crippen molar-refractivity contribution < 1.29 is 14.7 Å². The number of hydrogen-bond donors (Lipinski definition) is 3. The summed E-state index contributed by atoms with van der Waals surface area (Å²) in [5.41, 5.74) is 0.624. The van der Waals surface area contributed by atoms with Gasteiger partial charge in [0.1, 0.15) is 17.4 Å². The molecule has 0 fully saturated rings. The predicted molar refractivity (Wildman–Crippen MR) is 174 cm³/mol. The topological polar surface area (TPSA) is 116 Å². The van der Waals surface area contributed by atoms with Crippen LogP contribution in [-0.4, -0.2) is 36.1 Å². The highest BCUT2D eigenvalue weighted by Crippen LogP contribution is 2.24. The molecule has 3 N–H and O–H groups in total. The number of allylic oxidation sites excluding steroid dienone is 1.